The molecule has 0 N–H and O–H groups in total. The minimum absolute atomic E-state index is 0.0491. The maximum Gasteiger partial charge on any atom is 0.142 e. The highest BCUT2D eigenvalue weighted by atomic mass is 16.5. The number of fused-ring (bicyclic) bond motifs is 2. The Morgan fingerprint density at radius 1 is 1.19 bits per heavy atom. The van der Waals surface area contributed by atoms with Crippen LogP contribution in [0.15, 0.2) is 42.7 Å². The van der Waals surface area contributed by atoms with E-state index < -0.39 is 0 Å². The van der Waals surface area contributed by atoms with Crippen molar-refractivity contribution in [3.05, 3.63) is 53.8 Å². The molecule has 0 amide bonds. The Labute approximate surface area is 96.4 Å². The van der Waals surface area contributed by atoms with Gasteiger partial charge in [0.2, 0.25) is 0 Å². The number of hydrogen-bond donors (Lipinski definition) is 0. The molecule has 1 unspecified atom stereocenters. The second-order valence-corrected chi connectivity index (χ2v) is 4.47. The Morgan fingerprint density at radius 2 is 2.00 bits per heavy atom. The van der Waals surface area contributed by atoms with E-state index in [1.807, 2.05) is 6.08 Å². The maximum absolute atomic E-state index is 6.03. The van der Waals surface area contributed by atoms with E-state index in [9.17, 15) is 0 Å². The minimum Gasteiger partial charge on any atom is -0.486 e. The molecule has 1 atom stereocenters. The summed E-state index contributed by atoms with van der Waals surface area (Å²) in [4.78, 5) is 0. The normalized spacial score (nSPS) is 23.1. The second kappa shape index (κ2) is 3.82. The van der Waals surface area contributed by atoms with E-state index in [1.165, 1.54) is 35.3 Å². The van der Waals surface area contributed by atoms with Crippen molar-refractivity contribution in [1.29, 1.82) is 0 Å². The monoisotopic (exact) mass is 212 g/mol. The Hall–Kier alpha value is -1.50. The van der Waals surface area contributed by atoms with Gasteiger partial charge in [-0.05, 0) is 36.5 Å². The molecule has 2 aliphatic rings. The zero-order chi connectivity index (χ0) is 11.0. The molecule has 1 aromatic carbocycles. The van der Waals surface area contributed by atoms with Crippen LogP contribution in [0, 0.1) is 0 Å². The molecular formula is C15H16O. The molecule has 0 saturated carbocycles. The van der Waals surface area contributed by atoms with Crippen LogP contribution >= 0.6 is 0 Å². The van der Waals surface area contributed by atoms with Crippen molar-refractivity contribution in [3.63, 3.8) is 0 Å². The van der Waals surface area contributed by atoms with Crippen LogP contribution in [-0.2, 0) is 4.74 Å². The molecule has 0 spiro atoms. The zero-order valence-corrected chi connectivity index (χ0v) is 9.41. The zero-order valence-electron chi connectivity index (χ0n) is 9.41. The smallest absolute Gasteiger partial charge is 0.142 e. The molecule has 3 rings (SSSR count). The van der Waals surface area contributed by atoms with Crippen LogP contribution in [0.3, 0.4) is 0 Å². The van der Waals surface area contributed by atoms with Gasteiger partial charge in [-0.3, -0.25) is 0 Å². The molecule has 0 fully saturated rings. The van der Waals surface area contributed by atoms with Gasteiger partial charge in [0.1, 0.15) is 11.9 Å². The van der Waals surface area contributed by atoms with Crippen molar-refractivity contribution < 1.29 is 4.74 Å². The van der Waals surface area contributed by atoms with Gasteiger partial charge in [0.15, 0.2) is 0 Å². The van der Waals surface area contributed by atoms with Crippen LogP contribution in [0.4, 0.5) is 0 Å². The number of hydrogen-bond acceptors (Lipinski definition) is 1. The van der Waals surface area contributed by atoms with Crippen molar-refractivity contribution >= 4 is 5.57 Å². The van der Waals surface area contributed by atoms with E-state index in [1.54, 1.807) is 0 Å². The molecule has 1 heterocycles. The summed E-state index contributed by atoms with van der Waals surface area (Å²) in [6.07, 6.45) is 6.75. The summed E-state index contributed by atoms with van der Waals surface area (Å²) in [5.74, 6) is 1.20. The number of benzene rings is 1. The standard InChI is InChI=1S/C15H16O/c1-2-14-12-8-4-3-7-11(12)13-9-5-6-10-15(13)16-14/h2-4,7-8,14H,1,5-6,9-10H2. The Morgan fingerprint density at radius 3 is 2.88 bits per heavy atom. The van der Waals surface area contributed by atoms with Gasteiger partial charge in [-0.25, -0.2) is 0 Å². The van der Waals surface area contributed by atoms with Gasteiger partial charge in [-0.15, -0.1) is 0 Å². The molecule has 16 heavy (non-hydrogen) atoms. The molecule has 0 bridgehead atoms. The fourth-order valence-electron chi connectivity index (χ4n) is 2.70. The lowest BCUT2D eigenvalue weighted by atomic mass is 9.86. The molecule has 0 saturated heterocycles. The molecule has 1 aromatic rings. The summed E-state index contributed by atoms with van der Waals surface area (Å²) >= 11 is 0. The van der Waals surface area contributed by atoms with Crippen LogP contribution in [0.25, 0.3) is 5.57 Å². The van der Waals surface area contributed by atoms with E-state index >= 15 is 0 Å². The highest BCUT2D eigenvalue weighted by Crippen LogP contribution is 2.43. The van der Waals surface area contributed by atoms with Gasteiger partial charge in [-0.1, -0.05) is 30.8 Å². The first-order valence-electron chi connectivity index (χ1n) is 6.00. The van der Waals surface area contributed by atoms with Crippen LogP contribution in [0.2, 0.25) is 0 Å². The predicted octanol–water partition coefficient (Wildman–Crippen LogP) is 4.23. The number of rotatable bonds is 1. The average Bonchev–Trinajstić information content (AvgIpc) is 2.38. The summed E-state index contributed by atoms with van der Waals surface area (Å²) in [7, 11) is 0. The van der Waals surface area contributed by atoms with Crippen molar-refractivity contribution in [3.8, 4) is 0 Å². The Kier molecular flexibility index (Phi) is 2.32. The number of ether oxygens (including phenoxy) is 1. The highest BCUT2D eigenvalue weighted by Gasteiger charge is 2.27. The Bertz CT molecular complexity index is 456. The van der Waals surface area contributed by atoms with Crippen LogP contribution in [-0.4, -0.2) is 0 Å². The summed E-state index contributed by atoms with van der Waals surface area (Å²) < 4.78 is 6.03. The average molecular weight is 212 g/mol. The lowest BCUT2D eigenvalue weighted by Gasteiger charge is -2.31. The van der Waals surface area contributed by atoms with Crippen LogP contribution < -0.4 is 0 Å². The fourth-order valence-corrected chi connectivity index (χ4v) is 2.70. The third-order valence-electron chi connectivity index (χ3n) is 3.49. The van der Waals surface area contributed by atoms with Gasteiger partial charge < -0.3 is 4.74 Å². The summed E-state index contributed by atoms with van der Waals surface area (Å²) in [6, 6.07) is 8.56. The van der Waals surface area contributed by atoms with Crippen LogP contribution in [0.5, 0.6) is 0 Å². The number of allylic oxidation sites excluding steroid dienone is 2. The first-order valence-corrected chi connectivity index (χ1v) is 6.00. The van der Waals surface area contributed by atoms with E-state index in [0.29, 0.717) is 0 Å². The maximum atomic E-state index is 6.03. The molecule has 1 heteroatoms. The molecular weight excluding hydrogens is 196 g/mol. The van der Waals surface area contributed by atoms with Crippen molar-refractivity contribution in [2.24, 2.45) is 0 Å². The van der Waals surface area contributed by atoms with Crippen LogP contribution in [0.1, 0.15) is 42.9 Å². The SMILES string of the molecule is C=CC1OC2=C(CCCC2)c2ccccc21. The molecule has 1 aliphatic carbocycles. The van der Waals surface area contributed by atoms with Gasteiger partial charge in [-0.2, -0.15) is 0 Å². The first kappa shape index (κ1) is 9.71. The van der Waals surface area contributed by atoms with E-state index in [2.05, 4.69) is 30.8 Å². The molecule has 1 aliphatic heterocycles. The predicted molar refractivity (Wildman–Crippen MR) is 65.9 cm³/mol. The third kappa shape index (κ3) is 1.39. The van der Waals surface area contributed by atoms with Gasteiger partial charge in [0.25, 0.3) is 0 Å². The highest BCUT2D eigenvalue weighted by molar-refractivity contribution is 5.72. The molecule has 82 valence electrons. The third-order valence-corrected chi connectivity index (χ3v) is 3.49. The quantitative estimate of drug-likeness (QED) is 0.633. The van der Waals surface area contributed by atoms with Gasteiger partial charge in [0.05, 0.1) is 0 Å². The molecule has 0 aromatic heterocycles. The molecule has 0 radical (unpaired) electrons. The van der Waals surface area contributed by atoms with Gasteiger partial charge in [0, 0.05) is 12.0 Å². The molecule has 1 nitrogen and oxygen atoms in total. The lowest BCUT2D eigenvalue weighted by molar-refractivity contribution is 0.140. The van der Waals surface area contributed by atoms with Gasteiger partial charge >= 0.3 is 0 Å². The fraction of sp³-hybridized carbons (Fsp3) is 0.333. The largest absolute Gasteiger partial charge is 0.486 e. The minimum atomic E-state index is 0.0491. The summed E-state index contributed by atoms with van der Waals surface area (Å²) in [6.45, 7) is 3.87. The van der Waals surface area contributed by atoms with E-state index in [0.717, 1.165) is 12.8 Å². The van der Waals surface area contributed by atoms with Crippen molar-refractivity contribution in [2.75, 3.05) is 0 Å². The van der Waals surface area contributed by atoms with Crippen molar-refractivity contribution in [1.82, 2.24) is 0 Å². The summed E-state index contributed by atoms with van der Waals surface area (Å²) in [5, 5.41) is 0. The first-order chi connectivity index (χ1) is 7.90. The lowest BCUT2D eigenvalue weighted by Crippen LogP contribution is -2.14. The Balaban J connectivity index is 2.16. The van der Waals surface area contributed by atoms with E-state index in [-0.39, 0.29) is 6.10 Å². The van der Waals surface area contributed by atoms with E-state index in [4.69, 9.17) is 4.74 Å². The topological polar surface area (TPSA) is 9.23 Å². The van der Waals surface area contributed by atoms with Crippen molar-refractivity contribution in [2.45, 2.75) is 31.8 Å². The summed E-state index contributed by atoms with van der Waals surface area (Å²) in [5.41, 5.74) is 4.09. The second-order valence-electron chi connectivity index (χ2n) is 4.47.